The highest BCUT2D eigenvalue weighted by Gasteiger charge is 2.23. The lowest BCUT2D eigenvalue weighted by atomic mass is 9.97. The van der Waals surface area contributed by atoms with Crippen LogP contribution in [-0.2, 0) is 4.79 Å². The van der Waals surface area contributed by atoms with Gasteiger partial charge in [-0.1, -0.05) is 29.8 Å². The Hall–Kier alpha value is -1.35. The molecule has 92 valence electrons. The van der Waals surface area contributed by atoms with E-state index in [1.807, 2.05) is 4.90 Å². The Morgan fingerprint density at radius 2 is 2.29 bits per heavy atom. The summed E-state index contributed by atoms with van der Waals surface area (Å²) in [5.74, 6) is 0.535. The standard InChI is InChI=1S/C14H20N2O/c1-11-4-2-5-12(8-11)13(9-15)10-16-7-3-6-14(16)17/h2,4-5,8,13H,3,6-7,9-10,15H2,1H3. The Morgan fingerprint density at radius 1 is 1.47 bits per heavy atom. The molecule has 3 heteroatoms. The first-order chi connectivity index (χ1) is 8.20. The van der Waals surface area contributed by atoms with Gasteiger partial charge in [-0.3, -0.25) is 4.79 Å². The molecule has 2 rings (SSSR count). The monoisotopic (exact) mass is 232 g/mol. The molecule has 1 atom stereocenters. The van der Waals surface area contributed by atoms with Crippen molar-refractivity contribution in [1.29, 1.82) is 0 Å². The molecule has 1 heterocycles. The molecule has 17 heavy (non-hydrogen) atoms. The van der Waals surface area contributed by atoms with Gasteiger partial charge in [0, 0.05) is 32.0 Å². The Balaban J connectivity index is 2.08. The van der Waals surface area contributed by atoms with Crippen molar-refractivity contribution in [2.45, 2.75) is 25.7 Å². The summed E-state index contributed by atoms with van der Waals surface area (Å²) >= 11 is 0. The first-order valence-electron chi connectivity index (χ1n) is 6.25. The van der Waals surface area contributed by atoms with E-state index in [2.05, 4.69) is 31.2 Å². The highest BCUT2D eigenvalue weighted by molar-refractivity contribution is 5.78. The van der Waals surface area contributed by atoms with Crippen LogP contribution < -0.4 is 5.73 Å². The fourth-order valence-electron chi connectivity index (χ4n) is 2.40. The van der Waals surface area contributed by atoms with Gasteiger partial charge in [0.2, 0.25) is 5.91 Å². The molecule has 0 bridgehead atoms. The second-order valence-electron chi connectivity index (χ2n) is 4.79. The molecule has 0 radical (unpaired) electrons. The lowest BCUT2D eigenvalue weighted by Gasteiger charge is -2.23. The quantitative estimate of drug-likeness (QED) is 0.858. The number of carbonyl (C=O) groups is 1. The summed E-state index contributed by atoms with van der Waals surface area (Å²) in [5, 5.41) is 0. The fraction of sp³-hybridized carbons (Fsp3) is 0.500. The predicted molar refractivity (Wildman–Crippen MR) is 68.8 cm³/mol. The van der Waals surface area contributed by atoms with E-state index >= 15 is 0 Å². The van der Waals surface area contributed by atoms with Crippen molar-refractivity contribution in [3.63, 3.8) is 0 Å². The van der Waals surface area contributed by atoms with Gasteiger partial charge in [-0.05, 0) is 18.9 Å². The van der Waals surface area contributed by atoms with Crippen LogP contribution in [0.25, 0.3) is 0 Å². The lowest BCUT2D eigenvalue weighted by Crippen LogP contribution is -2.32. The van der Waals surface area contributed by atoms with E-state index in [9.17, 15) is 4.79 Å². The number of hydrogen-bond donors (Lipinski definition) is 1. The highest BCUT2D eigenvalue weighted by atomic mass is 16.2. The first-order valence-corrected chi connectivity index (χ1v) is 6.25. The van der Waals surface area contributed by atoms with E-state index in [4.69, 9.17) is 5.73 Å². The van der Waals surface area contributed by atoms with E-state index in [0.29, 0.717) is 13.0 Å². The highest BCUT2D eigenvalue weighted by Crippen LogP contribution is 2.20. The predicted octanol–water partition coefficient (Wildman–Crippen LogP) is 1.66. The molecule has 0 spiro atoms. The zero-order valence-corrected chi connectivity index (χ0v) is 10.4. The third kappa shape index (κ3) is 2.86. The van der Waals surface area contributed by atoms with E-state index in [-0.39, 0.29) is 11.8 Å². The largest absolute Gasteiger partial charge is 0.342 e. The van der Waals surface area contributed by atoms with E-state index in [1.165, 1.54) is 11.1 Å². The number of benzene rings is 1. The first kappa shape index (κ1) is 12.1. The summed E-state index contributed by atoms with van der Waals surface area (Å²) in [6, 6.07) is 8.40. The minimum atomic E-state index is 0.261. The normalized spacial score (nSPS) is 17.5. The number of nitrogens with zero attached hydrogens (tertiary/aromatic N) is 1. The van der Waals surface area contributed by atoms with Crippen molar-refractivity contribution < 1.29 is 4.79 Å². The summed E-state index contributed by atoms with van der Waals surface area (Å²) in [5.41, 5.74) is 8.33. The molecule has 1 fully saturated rings. The van der Waals surface area contributed by atoms with Crippen molar-refractivity contribution in [3.05, 3.63) is 35.4 Å². The summed E-state index contributed by atoms with van der Waals surface area (Å²) in [6.45, 7) is 4.32. The minimum Gasteiger partial charge on any atom is -0.342 e. The molecule has 0 aliphatic carbocycles. The number of hydrogen-bond acceptors (Lipinski definition) is 2. The molecule has 2 N–H and O–H groups in total. The van der Waals surface area contributed by atoms with Gasteiger partial charge in [0.25, 0.3) is 0 Å². The van der Waals surface area contributed by atoms with E-state index in [1.54, 1.807) is 0 Å². The number of aryl methyl sites for hydroxylation is 1. The number of carbonyl (C=O) groups excluding carboxylic acids is 1. The van der Waals surface area contributed by atoms with Gasteiger partial charge in [0.1, 0.15) is 0 Å². The van der Waals surface area contributed by atoms with E-state index in [0.717, 1.165) is 19.5 Å². The molecule has 1 unspecified atom stereocenters. The second kappa shape index (κ2) is 5.32. The molecule has 1 aromatic carbocycles. The Kier molecular flexibility index (Phi) is 3.79. The van der Waals surface area contributed by atoms with Crippen LogP contribution in [0.1, 0.15) is 29.9 Å². The third-order valence-corrected chi connectivity index (χ3v) is 3.41. The molecule has 0 saturated carbocycles. The van der Waals surface area contributed by atoms with Gasteiger partial charge >= 0.3 is 0 Å². The SMILES string of the molecule is Cc1cccc(C(CN)CN2CCCC2=O)c1. The van der Waals surface area contributed by atoms with Crippen LogP contribution in [0.15, 0.2) is 24.3 Å². The number of likely N-dealkylation sites (tertiary alicyclic amines) is 1. The molecule has 1 aliphatic rings. The van der Waals surface area contributed by atoms with Crippen LogP contribution in [-0.4, -0.2) is 30.4 Å². The number of amides is 1. The molecule has 1 aromatic rings. The van der Waals surface area contributed by atoms with Crippen molar-refractivity contribution in [2.24, 2.45) is 5.73 Å². The lowest BCUT2D eigenvalue weighted by molar-refractivity contribution is -0.127. The zero-order valence-electron chi connectivity index (χ0n) is 10.4. The summed E-state index contributed by atoms with van der Waals surface area (Å²) < 4.78 is 0. The topological polar surface area (TPSA) is 46.3 Å². The molecule has 1 amide bonds. The smallest absolute Gasteiger partial charge is 0.222 e. The van der Waals surface area contributed by atoms with Crippen LogP contribution in [0.3, 0.4) is 0 Å². The van der Waals surface area contributed by atoms with Crippen LogP contribution in [0, 0.1) is 6.92 Å². The maximum absolute atomic E-state index is 11.6. The number of rotatable bonds is 4. The average molecular weight is 232 g/mol. The van der Waals surface area contributed by atoms with Gasteiger partial charge in [-0.15, -0.1) is 0 Å². The van der Waals surface area contributed by atoms with Crippen molar-refractivity contribution in [3.8, 4) is 0 Å². The summed E-state index contributed by atoms with van der Waals surface area (Å²) in [7, 11) is 0. The fourth-order valence-corrected chi connectivity index (χ4v) is 2.40. The Labute approximate surface area is 103 Å². The summed E-state index contributed by atoms with van der Waals surface area (Å²) in [4.78, 5) is 13.6. The van der Waals surface area contributed by atoms with Crippen LogP contribution in [0.5, 0.6) is 0 Å². The maximum Gasteiger partial charge on any atom is 0.222 e. The molecule has 3 nitrogen and oxygen atoms in total. The van der Waals surface area contributed by atoms with Crippen LogP contribution >= 0.6 is 0 Å². The van der Waals surface area contributed by atoms with Gasteiger partial charge in [0.15, 0.2) is 0 Å². The molecule has 1 aliphatic heterocycles. The van der Waals surface area contributed by atoms with Crippen LogP contribution in [0.2, 0.25) is 0 Å². The Bertz CT molecular complexity index is 403. The van der Waals surface area contributed by atoms with Crippen molar-refractivity contribution >= 4 is 5.91 Å². The average Bonchev–Trinajstić information content (AvgIpc) is 2.71. The minimum absolute atomic E-state index is 0.261. The van der Waals surface area contributed by atoms with Gasteiger partial charge in [-0.2, -0.15) is 0 Å². The maximum atomic E-state index is 11.6. The Morgan fingerprint density at radius 3 is 2.88 bits per heavy atom. The van der Waals surface area contributed by atoms with Crippen molar-refractivity contribution in [1.82, 2.24) is 4.90 Å². The van der Waals surface area contributed by atoms with Crippen molar-refractivity contribution in [2.75, 3.05) is 19.6 Å². The van der Waals surface area contributed by atoms with Gasteiger partial charge in [0.05, 0.1) is 0 Å². The third-order valence-electron chi connectivity index (χ3n) is 3.41. The van der Waals surface area contributed by atoms with Crippen LogP contribution in [0.4, 0.5) is 0 Å². The molecular weight excluding hydrogens is 212 g/mol. The molecule has 0 aromatic heterocycles. The van der Waals surface area contributed by atoms with E-state index < -0.39 is 0 Å². The molecular formula is C14H20N2O. The zero-order chi connectivity index (χ0) is 12.3. The number of nitrogens with two attached hydrogens (primary N) is 1. The summed E-state index contributed by atoms with van der Waals surface area (Å²) in [6.07, 6.45) is 1.69. The second-order valence-corrected chi connectivity index (χ2v) is 4.79. The molecule has 1 saturated heterocycles. The van der Waals surface area contributed by atoms with Gasteiger partial charge in [-0.25, -0.2) is 0 Å². The van der Waals surface area contributed by atoms with Gasteiger partial charge < -0.3 is 10.6 Å².